The Bertz CT molecular complexity index is 763. The highest BCUT2D eigenvalue weighted by Gasteiger charge is 2.24. The van der Waals surface area contributed by atoms with Crippen LogP contribution in [0.25, 0.3) is 0 Å². The fourth-order valence-corrected chi connectivity index (χ4v) is 2.03. The number of hydrogen-bond acceptors (Lipinski definition) is 8. The van der Waals surface area contributed by atoms with Crippen molar-refractivity contribution in [3.05, 3.63) is 46.3 Å². The van der Waals surface area contributed by atoms with E-state index in [0.29, 0.717) is 11.3 Å². The molecule has 0 amide bonds. The van der Waals surface area contributed by atoms with Gasteiger partial charge < -0.3 is 15.0 Å². The lowest BCUT2D eigenvalue weighted by Crippen LogP contribution is -2.14. The lowest BCUT2D eigenvalue weighted by Gasteiger charge is -2.13. The zero-order valence-corrected chi connectivity index (χ0v) is 13.5. The van der Waals surface area contributed by atoms with Crippen molar-refractivity contribution < 1.29 is 14.5 Å². The molecule has 0 saturated heterocycles. The molecular weight excluding hydrogens is 314 g/mol. The summed E-state index contributed by atoms with van der Waals surface area (Å²) in [6.07, 6.45) is 1.24. The molecule has 1 aromatic carbocycles. The summed E-state index contributed by atoms with van der Waals surface area (Å²) in [7, 11) is 3.31. The van der Waals surface area contributed by atoms with Crippen LogP contribution in [0.5, 0.6) is 0 Å². The second kappa shape index (κ2) is 7.36. The summed E-state index contributed by atoms with van der Waals surface area (Å²) in [5, 5.41) is 14.2. The van der Waals surface area contributed by atoms with Gasteiger partial charge in [0.25, 0.3) is 0 Å². The molecule has 0 spiro atoms. The van der Waals surface area contributed by atoms with Gasteiger partial charge in [-0.1, -0.05) is 6.07 Å². The molecule has 0 atom stereocenters. The summed E-state index contributed by atoms with van der Waals surface area (Å²) in [6, 6.07) is 6.46. The van der Waals surface area contributed by atoms with E-state index in [1.165, 1.54) is 11.2 Å². The summed E-state index contributed by atoms with van der Waals surface area (Å²) < 4.78 is 4.94. The maximum Gasteiger partial charge on any atom is 0.353 e. The zero-order chi connectivity index (χ0) is 17.7. The highest BCUT2D eigenvalue weighted by molar-refractivity contribution is 5.91. The number of nitrogens with one attached hydrogen (secondary N) is 1. The summed E-state index contributed by atoms with van der Waals surface area (Å²) >= 11 is 0. The number of ether oxygens (including phenoxy) is 1. The molecule has 0 saturated carbocycles. The van der Waals surface area contributed by atoms with Gasteiger partial charge in [0.05, 0.1) is 17.1 Å². The van der Waals surface area contributed by atoms with Crippen LogP contribution >= 0.6 is 0 Å². The monoisotopic (exact) mass is 331 g/mol. The van der Waals surface area contributed by atoms with E-state index in [0.717, 1.165) is 0 Å². The van der Waals surface area contributed by atoms with Crippen LogP contribution in [0.15, 0.2) is 30.6 Å². The van der Waals surface area contributed by atoms with Gasteiger partial charge in [0.1, 0.15) is 6.33 Å². The molecule has 9 nitrogen and oxygen atoms in total. The Balaban J connectivity index is 2.38. The number of nitrogens with zero attached hydrogens (tertiary/aromatic N) is 4. The summed E-state index contributed by atoms with van der Waals surface area (Å²) in [5.74, 6) is -0.244. The van der Waals surface area contributed by atoms with E-state index >= 15 is 0 Å². The minimum atomic E-state index is -0.549. The largest absolute Gasteiger partial charge is 0.462 e. The van der Waals surface area contributed by atoms with Crippen LogP contribution < -0.4 is 10.2 Å². The lowest BCUT2D eigenvalue weighted by molar-refractivity contribution is -0.383. The van der Waals surface area contributed by atoms with Crippen molar-refractivity contribution in [1.29, 1.82) is 0 Å². The van der Waals surface area contributed by atoms with E-state index in [1.54, 1.807) is 45.3 Å². The van der Waals surface area contributed by atoms with Crippen LogP contribution in [-0.4, -0.2) is 41.6 Å². The molecule has 0 unspecified atom stereocenters. The third-order valence-electron chi connectivity index (χ3n) is 3.05. The number of rotatable bonds is 6. The van der Waals surface area contributed by atoms with E-state index in [9.17, 15) is 14.9 Å². The second-order valence-corrected chi connectivity index (χ2v) is 4.97. The lowest BCUT2D eigenvalue weighted by atomic mass is 10.2. The molecule has 9 heteroatoms. The maximum atomic E-state index is 11.8. The SMILES string of the molecule is CCOC(=O)c1cccc(Nc2ncnc(N(C)C)c2[N+](=O)[O-])c1. The van der Waals surface area contributed by atoms with Crippen molar-refractivity contribution in [3.63, 3.8) is 0 Å². The molecule has 1 heterocycles. The molecule has 2 aromatic rings. The predicted molar refractivity (Wildman–Crippen MR) is 88.7 cm³/mol. The van der Waals surface area contributed by atoms with Crippen LogP contribution in [0, 0.1) is 10.1 Å². The predicted octanol–water partition coefficient (Wildman–Crippen LogP) is 2.37. The Labute approximate surface area is 138 Å². The molecule has 24 heavy (non-hydrogen) atoms. The maximum absolute atomic E-state index is 11.8. The highest BCUT2D eigenvalue weighted by atomic mass is 16.6. The number of carbonyl (C=O) groups excluding carboxylic acids is 1. The Morgan fingerprint density at radius 1 is 1.38 bits per heavy atom. The third kappa shape index (κ3) is 3.75. The van der Waals surface area contributed by atoms with Crippen molar-refractivity contribution >= 4 is 29.0 Å². The molecule has 0 aliphatic heterocycles. The van der Waals surface area contributed by atoms with Gasteiger partial charge in [-0.2, -0.15) is 0 Å². The van der Waals surface area contributed by atoms with Crippen LogP contribution in [-0.2, 0) is 4.74 Å². The summed E-state index contributed by atoms with van der Waals surface area (Å²) in [5.41, 5.74) is 0.572. The van der Waals surface area contributed by atoms with Gasteiger partial charge in [0.15, 0.2) is 0 Å². The van der Waals surface area contributed by atoms with Gasteiger partial charge >= 0.3 is 11.7 Å². The van der Waals surface area contributed by atoms with Gasteiger partial charge in [-0.25, -0.2) is 14.8 Å². The van der Waals surface area contributed by atoms with Crippen molar-refractivity contribution in [2.24, 2.45) is 0 Å². The molecule has 0 fully saturated rings. The molecule has 0 aliphatic rings. The fraction of sp³-hybridized carbons (Fsp3) is 0.267. The normalized spacial score (nSPS) is 10.1. The van der Waals surface area contributed by atoms with E-state index < -0.39 is 10.9 Å². The zero-order valence-electron chi connectivity index (χ0n) is 13.5. The average molecular weight is 331 g/mol. The first-order chi connectivity index (χ1) is 11.4. The van der Waals surface area contributed by atoms with E-state index in [2.05, 4.69) is 15.3 Å². The van der Waals surface area contributed by atoms with Gasteiger partial charge in [-0.3, -0.25) is 10.1 Å². The van der Waals surface area contributed by atoms with Crippen molar-refractivity contribution in [2.75, 3.05) is 30.9 Å². The molecule has 2 rings (SSSR count). The number of benzene rings is 1. The molecule has 0 bridgehead atoms. The minimum Gasteiger partial charge on any atom is -0.462 e. The summed E-state index contributed by atoms with van der Waals surface area (Å²) in [4.78, 5) is 32.0. The summed E-state index contributed by atoms with van der Waals surface area (Å²) in [6.45, 7) is 1.98. The Morgan fingerprint density at radius 3 is 2.75 bits per heavy atom. The molecule has 126 valence electrons. The molecule has 1 N–H and O–H groups in total. The first-order valence-electron chi connectivity index (χ1n) is 7.15. The first kappa shape index (κ1) is 17.1. The topological polar surface area (TPSA) is 110 Å². The molecule has 1 aromatic heterocycles. The third-order valence-corrected chi connectivity index (χ3v) is 3.05. The van der Waals surface area contributed by atoms with Crippen LogP contribution in [0.4, 0.5) is 23.0 Å². The Morgan fingerprint density at radius 2 is 2.12 bits per heavy atom. The number of carbonyl (C=O) groups is 1. The van der Waals surface area contributed by atoms with Crippen LogP contribution in [0.3, 0.4) is 0 Å². The van der Waals surface area contributed by atoms with Gasteiger partial charge in [0.2, 0.25) is 11.6 Å². The van der Waals surface area contributed by atoms with Crippen molar-refractivity contribution in [2.45, 2.75) is 6.92 Å². The number of anilines is 3. The van der Waals surface area contributed by atoms with Crippen LogP contribution in [0.2, 0.25) is 0 Å². The minimum absolute atomic E-state index is 0.0414. The van der Waals surface area contributed by atoms with E-state index in [-0.39, 0.29) is 23.9 Å². The first-order valence-corrected chi connectivity index (χ1v) is 7.15. The quantitative estimate of drug-likeness (QED) is 0.488. The average Bonchev–Trinajstić information content (AvgIpc) is 2.54. The smallest absolute Gasteiger partial charge is 0.353 e. The fourth-order valence-electron chi connectivity index (χ4n) is 2.03. The molecule has 0 radical (unpaired) electrons. The van der Waals surface area contributed by atoms with E-state index in [1.807, 2.05) is 0 Å². The number of nitro groups is 1. The van der Waals surface area contributed by atoms with Gasteiger partial charge in [-0.05, 0) is 25.1 Å². The van der Waals surface area contributed by atoms with Gasteiger partial charge in [-0.15, -0.1) is 0 Å². The number of hydrogen-bond donors (Lipinski definition) is 1. The standard InChI is InChI=1S/C15H17N5O4/c1-4-24-15(21)10-6-5-7-11(8-10)18-13-12(20(22)23)14(19(2)3)17-9-16-13/h5-9H,4H2,1-3H3,(H,16,17,18). The highest BCUT2D eigenvalue weighted by Crippen LogP contribution is 2.32. The number of aromatic nitrogens is 2. The Hall–Kier alpha value is -3.23. The van der Waals surface area contributed by atoms with E-state index in [4.69, 9.17) is 4.74 Å². The Kier molecular flexibility index (Phi) is 5.25. The molecular formula is C15H17N5O4. The van der Waals surface area contributed by atoms with Crippen LogP contribution in [0.1, 0.15) is 17.3 Å². The molecule has 0 aliphatic carbocycles. The second-order valence-electron chi connectivity index (χ2n) is 4.97. The van der Waals surface area contributed by atoms with Crippen molar-refractivity contribution in [3.8, 4) is 0 Å². The van der Waals surface area contributed by atoms with Crippen molar-refractivity contribution in [1.82, 2.24) is 9.97 Å². The number of esters is 1. The van der Waals surface area contributed by atoms with Gasteiger partial charge in [0, 0.05) is 19.8 Å².